The number of methoxy groups -OCH3 is 1. The number of hydrogen-bond acceptors (Lipinski definition) is 4. The van der Waals surface area contributed by atoms with Gasteiger partial charge in [0.15, 0.2) is 0 Å². The van der Waals surface area contributed by atoms with Crippen LogP contribution in [-0.2, 0) is 16.0 Å². The van der Waals surface area contributed by atoms with E-state index in [1.807, 2.05) is 18.2 Å². The Bertz CT molecular complexity index is 623. The Morgan fingerprint density at radius 2 is 2.22 bits per heavy atom. The van der Waals surface area contributed by atoms with Gasteiger partial charge in [0, 0.05) is 0 Å². The van der Waals surface area contributed by atoms with E-state index >= 15 is 0 Å². The first-order valence-corrected chi connectivity index (χ1v) is 7.85. The van der Waals surface area contributed by atoms with Gasteiger partial charge in [-0.1, -0.05) is 0 Å². The molecule has 1 atom stereocenters. The van der Waals surface area contributed by atoms with Crippen LogP contribution < -0.4 is 14.8 Å². The van der Waals surface area contributed by atoms with Gasteiger partial charge < -0.3 is 19.9 Å². The van der Waals surface area contributed by atoms with Crippen molar-refractivity contribution in [3.05, 3.63) is 23.8 Å². The molecule has 3 rings (SSSR count). The lowest BCUT2D eigenvalue weighted by molar-refractivity contribution is -0.141. The standard InChI is InChI=1S/C17H21NO5/c1-22-13-3-4-14-11(8-13)7-12(10-23-14)16(21)18-17(5-2-6-17)9-15(19)20/h3-4,8,12H,2,5-7,9-10H2,1H3,(H,18,21)(H,19,20). The summed E-state index contributed by atoms with van der Waals surface area (Å²) in [6.07, 6.45) is 2.96. The van der Waals surface area contributed by atoms with Crippen LogP contribution in [0.15, 0.2) is 18.2 Å². The minimum Gasteiger partial charge on any atom is -0.497 e. The van der Waals surface area contributed by atoms with Crippen LogP contribution in [0.25, 0.3) is 0 Å². The molecule has 1 heterocycles. The zero-order valence-corrected chi connectivity index (χ0v) is 13.1. The summed E-state index contributed by atoms with van der Waals surface area (Å²) in [5.41, 5.74) is 0.369. The molecule has 1 saturated carbocycles. The van der Waals surface area contributed by atoms with Crippen molar-refractivity contribution in [2.75, 3.05) is 13.7 Å². The van der Waals surface area contributed by atoms with Gasteiger partial charge in [0.1, 0.15) is 18.1 Å². The van der Waals surface area contributed by atoms with E-state index in [9.17, 15) is 9.59 Å². The molecule has 0 radical (unpaired) electrons. The average molecular weight is 319 g/mol. The number of carbonyl (C=O) groups is 2. The summed E-state index contributed by atoms with van der Waals surface area (Å²) < 4.78 is 10.9. The van der Waals surface area contributed by atoms with Crippen LogP contribution in [0.1, 0.15) is 31.2 Å². The molecule has 2 aliphatic rings. The molecule has 0 bridgehead atoms. The van der Waals surface area contributed by atoms with Gasteiger partial charge in [-0.25, -0.2) is 0 Å². The Morgan fingerprint density at radius 1 is 1.43 bits per heavy atom. The third-order valence-corrected chi connectivity index (χ3v) is 4.73. The largest absolute Gasteiger partial charge is 0.497 e. The summed E-state index contributed by atoms with van der Waals surface area (Å²) in [6.45, 7) is 0.314. The second-order valence-corrected chi connectivity index (χ2v) is 6.38. The maximum absolute atomic E-state index is 12.5. The summed E-state index contributed by atoms with van der Waals surface area (Å²) in [4.78, 5) is 23.5. The van der Waals surface area contributed by atoms with Gasteiger partial charge in [-0.3, -0.25) is 9.59 Å². The lowest BCUT2D eigenvalue weighted by atomic mass is 9.74. The van der Waals surface area contributed by atoms with Crippen molar-refractivity contribution < 1.29 is 24.2 Å². The zero-order chi connectivity index (χ0) is 16.4. The van der Waals surface area contributed by atoms with E-state index in [4.69, 9.17) is 14.6 Å². The van der Waals surface area contributed by atoms with E-state index in [1.165, 1.54) is 0 Å². The highest BCUT2D eigenvalue weighted by molar-refractivity contribution is 5.81. The third kappa shape index (κ3) is 3.25. The van der Waals surface area contributed by atoms with Crippen LogP contribution in [0.2, 0.25) is 0 Å². The lowest BCUT2D eigenvalue weighted by Gasteiger charge is -2.42. The van der Waals surface area contributed by atoms with Gasteiger partial charge in [0.2, 0.25) is 5.91 Å². The molecule has 6 nitrogen and oxygen atoms in total. The number of amides is 1. The van der Waals surface area contributed by atoms with Gasteiger partial charge in [-0.2, -0.15) is 0 Å². The van der Waals surface area contributed by atoms with Gasteiger partial charge in [0.05, 0.1) is 25.0 Å². The first kappa shape index (κ1) is 15.6. The summed E-state index contributed by atoms with van der Waals surface area (Å²) in [5.74, 6) is 0.203. The molecule has 2 N–H and O–H groups in total. The summed E-state index contributed by atoms with van der Waals surface area (Å²) >= 11 is 0. The van der Waals surface area contributed by atoms with E-state index in [1.54, 1.807) is 7.11 Å². The predicted molar refractivity (Wildman–Crippen MR) is 82.7 cm³/mol. The molecule has 1 aromatic carbocycles. The number of fused-ring (bicyclic) bond motifs is 1. The molecule has 1 fully saturated rings. The minimum absolute atomic E-state index is 0.0171. The molecule has 1 aliphatic heterocycles. The molecule has 1 aromatic rings. The molecule has 0 spiro atoms. The number of aliphatic carboxylic acids is 1. The summed E-state index contributed by atoms with van der Waals surface area (Å²) in [6, 6.07) is 5.56. The third-order valence-electron chi connectivity index (χ3n) is 4.73. The number of ether oxygens (including phenoxy) is 2. The summed E-state index contributed by atoms with van der Waals surface area (Å²) in [5, 5.41) is 12.0. The Labute approximate surface area is 134 Å². The van der Waals surface area contributed by atoms with Crippen molar-refractivity contribution in [2.45, 2.75) is 37.6 Å². The highest BCUT2D eigenvalue weighted by Crippen LogP contribution is 2.36. The van der Waals surface area contributed by atoms with E-state index in [-0.39, 0.29) is 18.2 Å². The quantitative estimate of drug-likeness (QED) is 0.864. The van der Waals surface area contributed by atoms with Gasteiger partial charge in [-0.15, -0.1) is 0 Å². The molecule has 0 aromatic heterocycles. The van der Waals surface area contributed by atoms with E-state index in [0.29, 0.717) is 13.0 Å². The van der Waals surface area contributed by atoms with Crippen LogP contribution >= 0.6 is 0 Å². The Hall–Kier alpha value is -2.24. The number of carboxylic acids is 1. The van der Waals surface area contributed by atoms with Crippen molar-refractivity contribution in [1.82, 2.24) is 5.32 Å². The second-order valence-electron chi connectivity index (χ2n) is 6.38. The Kier molecular flexibility index (Phi) is 4.15. The van der Waals surface area contributed by atoms with Crippen molar-refractivity contribution >= 4 is 11.9 Å². The normalized spacial score (nSPS) is 21.3. The first-order valence-electron chi connectivity index (χ1n) is 7.85. The number of nitrogens with one attached hydrogen (secondary N) is 1. The fourth-order valence-electron chi connectivity index (χ4n) is 3.27. The van der Waals surface area contributed by atoms with Crippen LogP contribution in [0.5, 0.6) is 11.5 Å². The SMILES string of the molecule is COc1ccc2c(c1)CC(C(=O)NC1(CC(=O)O)CCC1)CO2. The molecule has 0 saturated heterocycles. The monoisotopic (exact) mass is 319 g/mol. The van der Waals surface area contributed by atoms with Gasteiger partial charge in [-0.05, 0) is 49.4 Å². The fraction of sp³-hybridized carbons (Fsp3) is 0.529. The van der Waals surface area contributed by atoms with Crippen molar-refractivity contribution in [3.63, 3.8) is 0 Å². The maximum atomic E-state index is 12.5. The van der Waals surface area contributed by atoms with Crippen LogP contribution in [0, 0.1) is 5.92 Å². The van der Waals surface area contributed by atoms with Gasteiger partial charge >= 0.3 is 5.97 Å². The average Bonchev–Trinajstić information content (AvgIpc) is 2.51. The molecule has 1 unspecified atom stereocenters. The molecule has 6 heteroatoms. The van der Waals surface area contributed by atoms with E-state index in [0.717, 1.165) is 36.3 Å². The Morgan fingerprint density at radius 3 is 2.83 bits per heavy atom. The smallest absolute Gasteiger partial charge is 0.305 e. The molecule has 23 heavy (non-hydrogen) atoms. The molecular weight excluding hydrogens is 298 g/mol. The predicted octanol–water partition coefficient (Wildman–Crippen LogP) is 1.76. The van der Waals surface area contributed by atoms with Crippen LogP contribution in [0.4, 0.5) is 0 Å². The Balaban J connectivity index is 1.68. The lowest BCUT2D eigenvalue weighted by Crippen LogP contribution is -2.57. The maximum Gasteiger partial charge on any atom is 0.305 e. The van der Waals surface area contributed by atoms with E-state index < -0.39 is 11.5 Å². The first-order chi connectivity index (χ1) is 11.0. The fourth-order valence-corrected chi connectivity index (χ4v) is 3.27. The topological polar surface area (TPSA) is 84.9 Å². The van der Waals surface area contributed by atoms with Crippen molar-refractivity contribution in [3.8, 4) is 11.5 Å². The minimum atomic E-state index is -0.875. The van der Waals surface area contributed by atoms with Crippen LogP contribution in [-0.4, -0.2) is 36.2 Å². The van der Waals surface area contributed by atoms with Crippen molar-refractivity contribution in [2.24, 2.45) is 5.92 Å². The highest BCUT2D eigenvalue weighted by atomic mass is 16.5. The second kappa shape index (κ2) is 6.10. The number of benzene rings is 1. The molecular formula is C17H21NO5. The highest BCUT2D eigenvalue weighted by Gasteiger charge is 2.42. The zero-order valence-electron chi connectivity index (χ0n) is 13.1. The molecule has 1 aliphatic carbocycles. The molecule has 124 valence electrons. The van der Waals surface area contributed by atoms with Gasteiger partial charge in [0.25, 0.3) is 0 Å². The summed E-state index contributed by atoms with van der Waals surface area (Å²) in [7, 11) is 1.60. The number of hydrogen-bond donors (Lipinski definition) is 2. The van der Waals surface area contributed by atoms with Crippen LogP contribution in [0.3, 0.4) is 0 Å². The van der Waals surface area contributed by atoms with E-state index in [2.05, 4.69) is 5.32 Å². The number of carboxylic acid groups (broad SMARTS) is 1. The number of carbonyl (C=O) groups excluding carboxylic acids is 1. The van der Waals surface area contributed by atoms with Crippen molar-refractivity contribution in [1.29, 1.82) is 0 Å². The number of rotatable bonds is 5. The molecule has 1 amide bonds.